The van der Waals surface area contributed by atoms with Crippen molar-refractivity contribution < 1.29 is 4.79 Å². The zero-order valence-electron chi connectivity index (χ0n) is 13.8. The number of nitrogens with one attached hydrogen (secondary N) is 1. The first-order valence-corrected chi connectivity index (χ1v) is 9.27. The third-order valence-electron chi connectivity index (χ3n) is 4.37. The molecule has 0 saturated carbocycles. The average molecular weight is 332 g/mol. The predicted octanol–water partition coefficient (Wildman–Crippen LogP) is 2.09. The summed E-state index contributed by atoms with van der Waals surface area (Å²) in [6, 6.07) is 4.48. The maximum Gasteiger partial charge on any atom is 0.232 e. The van der Waals surface area contributed by atoms with Gasteiger partial charge in [0.1, 0.15) is 5.65 Å². The Balaban J connectivity index is 1.50. The molecule has 2 aromatic heterocycles. The fourth-order valence-electron chi connectivity index (χ4n) is 2.97. The molecule has 0 bridgehead atoms. The Morgan fingerprint density at radius 2 is 2.17 bits per heavy atom. The van der Waals surface area contributed by atoms with E-state index in [1.165, 1.54) is 5.56 Å². The average Bonchev–Trinajstić information content (AvgIpc) is 2.96. The van der Waals surface area contributed by atoms with Crippen LogP contribution >= 0.6 is 11.8 Å². The Bertz CT molecular complexity index is 678. The molecule has 1 fully saturated rings. The normalized spacial score (nSPS) is 15.9. The molecule has 6 heteroatoms. The Hall–Kier alpha value is -1.53. The van der Waals surface area contributed by atoms with E-state index in [1.807, 2.05) is 22.4 Å². The lowest BCUT2D eigenvalue weighted by molar-refractivity contribution is -0.129. The molecule has 0 atom stereocenters. The van der Waals surface area contributed by atoms with Gasteiger partial charge in [0.15, 0.2) is 0 Å². The number of rotatable bonds is 5. The minimum Gasteiger partial charge on any atom is -0.342 e. The summed E-state index contributed by atoms with van der Waals surface area (Å²) in [7, 11) is 1.94. The fraction of sp³-hybridized carbons (Fsp3) is 0.529. The highest BCUT2D eigenvalue weighted by Crippen LogP contribution is 2.16. The number of pyridine rings is 1. The summed E-state index contributed by atoms with van der Waals surface area (Å²) in [5, 5.41) is 3.34. The van der Waals surface area contributed by atoms with E-state index >= 15 is 0 Å². The Morgan fingerprint density at radius 3 is 2.96 bits per heavy atom. The number of thioether (sulfide) groups is 1. The van der Waals surface area contributed by atoms with E-state index in [2.05, 4.69) is 35.7 Å². The first-order valence-electron chi connectivity index (χ1n) is 8.12. The summed E-state index contributed by atoms with van der Waals surface area (Å²) in [5.41, 5.74) is 3.20. The summed E-state index contributed by atoms with van der Waals surface area (Å²) in [6.45, 7) is 4.09. The van der Waals surface area contributed by atoms with E-state index < -0.39 is 0 Å². The molecule has 1 N–H and O–H groups in total. The maximum absolute atomic E-state index is 12.3. The number of carbonyl (C=O) groups excluding carboxylic acids is 1. The summed E-state index contributed by atoms with van der Waals surface area (Å²) in [4.78, 5) is 18.8. The monoisotopic (exact) mass is 332 g/mol. The van der Waals surface area contributed by atoms with Gasteiger partial charge in [-0.25, -0.2) is 4.98 Å². The van der Waals surface area contributed by atoms with Gasteiger partial charge in [-0.05, 0) is 44.5 Å². The van der Waals surface area contributed by atoms with Crippen LogP contribution in [-0.2, 0) is 10.5 Å². The van der Waals surface area contributed by atoms with Crippen LogP contribution in [0.5, 0.6) is 0 Å². The van der Waals surface area contributed by atoms with Crippen LogP contribution in [0.2, 0.25) is 0 Å². The Labute approximate surface area is 141 Å². The third-order valence-corrected chi connectivity index (χ3v) is 5.33. The van der Waals surface area contributed by atoms with Crippen molar-refractivity contribution in [3.05, 3.63) is 35.8 Å². The molecule has 1 aliphatic rings. The van der Waals surface area contributed by atoms with Crippen molar-refractivity contribution in [2.75, 3.05) is 25.9 Å². The summed E-state index contributed by atoms with van der Waals surface area (Å²) >= 11 is 1.64. The van der Waals surface area contributed by atoms with Crippen LogP contribution in [0.25, 0.3) is 5.65 Å². The van der Waals surface area contributed by atoms with Crippen LogP contribution in [0.3, 0.4) is 0 Å². The number of carbonyl (C=O) groups is 1. The number of hydrogen-bond donors (Lipinski definition) is 1. The number of nitrogens with zero attached hydrogens (tertiary/aromatic N) is 3. The van der Waals surface area contributed by atoms with Gasteiger partial charge in [0.05, 0.1) is 11.4 Å². The van der Waals surface area contributed by atoms with Crippen LogP contribution in [0.1, 0.15) is 24.1 Å². The van der Waals surface area contributed by atoms with Crippen molar-refractivity contribution in [3.8, 4) is 0 Å². The number of aromatic nitrogens is 2. The lowest BCUT2D eigenvalue weighted by Crippen LogP contribution is -2.44. The first-order chi connectivity index (χ1) is 11.1. The smallest absolute Gasteiger partial charge is 0.232 e. The number of imidazole rings is 1. The van der Waals surface area contributed by atoms with E-state index in [-0.39, 0.29) is 5.91 Å². The van der Waals surface area contributed by atoms with Gasteiger partial charge in [-0.2, -0.15) is 0 Å². The summed E-state index contributed by atoms with van der Waals surface area (Å²) in [6.07, 6.45) is 6.24. The number of piperidine rings is 1. The van der Waals surface area contributed by atoms with Crippen LogP contribution < -0.4 is 5.32 Å². The van der Waals surface area contributed by atoms with Gasteiger partial charge in [0.2, 0.25) is 5.91 Å². The van der Waals surface area contributed by atoms with Gasteiger partial charge in [0.25, 0.3) is 0 Å². The minimum atomic E-state index is 0.224. The molecular formula is C17H24N4OS. The highest BCUT2D eigenvalue weighted by molar-refractivity contribution is 7.99. The lowest BCUT2D eigenvalue weighted by Gasteiger charge is -2.31. The van der Waals surface area contributed by atoms with E-state index in [9.17, 15) is 4.79 Å². The summed E-state index contributed by atoms with van der Waals surface area (Å²) in [5.74, 6) is 1.52. The van der Waals surface area contributed by atoms with Gasteiger partial charge >= 0.3 is 0 Å². The van der Waals surface area contributed by atoms with Crippen molar-refractivity contribution >= 4 is 23.3 Å². The zero-order valence-corrected chi connectivity index (χ0v) is 14.6. The Morgan fingerprint density at radius 1 is 1.39 bits per heavy atom. The second-order valence-electron chi connectivity index (χ2n) is 6.18. The number of aryl methyl sites for hydroxylation is 1. The van der Waals surface area contributed by atoms with E-state index in [0.29, 0.717) is 11.8 Å². The molecular weight excluding hydrogens is 308 g/mol. The number of fused-ring (bicyclic) bond motifs is 1. The highest BCUT2D eigenvalue weighted by Gasteiger charge is 2.21. The first kappa shape index (κ1) is 16.3. The van der Waals surface area contributed by atoms with Gasteiger partial charge in [-0.1, -0.05) is 6.07 Å². The molecule has 1 saturated heterocycles. The summed E-state index contributed by atoms with van der Waals surface area (Å²) < 4.78 is 2.05. The zero-order chi connectivity index (χ0) is 16.2. The van der Waals surface area contributed by atoms with Crippen LogP contribution in [0, 0.1) is 6.92 Å². The molecule has 1 aliphatic heterocycles. The van der Waals surface area contributed by atoms with Crippen molar-refractivity contribution in [1.29, 1.82) is 0 Å². The van der Waals surface area contributed by atoms with Crippen molar-refractivity contribution in [1.82, 2.24) is 19.6 Å². The fourth-order valence-corrected chi connectivity index (χ4v) is 3.80. The molecule has 0 radical (unpaired) electrons. The Kier molecular flexibility index (Phi) is 5.23. The number of amides is 1. The van der Waals surface area contributed by atoms with E-state index in [4.69, 9.17) is 0 Å². The van der Waals surface area contributed by atoms with E-state index in [1.54, 1.807) is 11.8 Å². The van der Waals surface area contributed by atoms with Gasteiger partial charge < -0.3 is 14.6 Å². The van der Waals surface area contributed by atoms with Crippen LogP contribution in [0.15, 0.2) is 24.5 Å². The predicted molar refractivity (Wildman–Crippen MR) is 94.8 cm³/mol. The van der Waals surface area contributed by atoms with Gasteiger partial charge in [-0.3, -0.25) is 4.79 Å². The molecule has 0 spiro atoms. The quantitative estimate of drug-likeness (QED) is 0.911. The molecule has 124 valence electrons. The second-order valence-corrected chi connectivity index (χ2v) is 7.17. The number of hydrogen-bond acceptors (Lipinski definition) is 4. The van der Waals surface area contributed by atoms with Gasteiger partial charge in [0, 0.05) is 31.2 Å². The molecule has 1 amide bonds. The second kappa shape index (κ2) is 7.36. The molecule has 5 nitrogen and oxygen atoms in total. The largest absolute Gasteiger partial charge is 0.342 e. The van der Waals surface area contributed by atoms with Crippen molar-refractivity contribution in [2.24, 2.45) is 0 Å². The molecule has 0 aliphatic carbocycles. The van der Waals surface area contributed by atoms with Crippen molar-refractivity contribution in [3.63, 3.8) is 0 Å². The highest BCUT2D eigenvalue weighted by atomic mass is 32.2. The molecule has 0 unspecified atom stereocenters. The van der Waals surface area contributed by atoms with Crippen LogP contribution in [-0.4, -0.2) is 52.1 Å². The molecule has 23 heavy (non-hydrogen) atoms. The van der Waals surface area contributed by atoms with Crippen molar-refractivity contribution in [2.45, 2.75) is 31.6 Å². The molecule has 3 rings (SSSR count). The maximum atomic E-state index is 12.3. The standard InChI is InChI=1S/C17H24N4OS/c1-13-3-4-16-19-14(10-21(16)9-13)11-23-12-17(22)20(2)15-5-7-18-8-6-15/h3-4,9-10,15,18H,5-8,11-12H2,1-2H3. The van der Waals surface area contributed by atoms with Gasteiger partial charge in [-0.15, -0.1) is 11.8 Å². The molecule has 3 heterocycles. The minimum absolute atomic E-state index is 0.224. The molecule has 2 aromatic rings. The molecule has 0 aromatic carbocycles. The van der Waals surface area contributed by atoms with E-state index in [0.717, 1.165) is 43.0 Å². The topological polar surface area (TPSA) is 49.6 Å². The van der Waals surface area contributed by atoms with Crippen LogP contribution in [0.4, 0.5) is 0 Å². The third kappa shape index (κ3) is 4.06. The SMILES string of the molecule is Cc1ccc2nc(CSCC(=O)N(C)C3CCNCC3)cn2c1. The lowest BCUT2D eigenvalue weighted by atomic mass is 10.1.